The number of hydrogen-bond acceptors (Lipinski definition) is 4. The van der Waals surface area contributed by atoms with E-state index in [9.17, 15) is 0 Å². The maximum absolute atomic E-state index is 5.46. The fraction of sp³-hybridized carbons (Fsp3) is 0.500. The van der Waals surface area contributed by atoms with Crippen LogP contribution in [-0.2, 0) is 0 Å². The van der Waals surface area contributed by atoms with E-state index < -0.39 is 0 Å². The molecule has 1 aromatic rings. The molecule has 4 nitrogen and oxygen atoms in total. The summed E-state index contributed by atoms with van der Waals surface area (Å²) in [5.74, 6) is 3.95. The average Bonchev–Trinajstić information content (AvgIpc) is 2.24. The van der Waals surface area contributed by atoms with Gasteiger partial charge in [0.25, 0.3) is 0 Å². The van der Waals surface area contributed by atoms with E-state index in [1.165, 1.54) is 6.33 Å². The smallest absolute Gasteiger partial charge is 0.218 e. The Hall–Kier alpha value is -1.76. The van der Waals surface area contributed by atoms with Crippen LogP contribution in [0.4, 0.5) is 5.82 Å². The molecule has 16 heavy (non-hydrogen) atoms. The van der Waals surface area contributed by atoms with Gasteiger partial charge in [-0.05, 0) is 20.3 Å². The zero-order valence-corrected chi connectivity index (χ0v) is 9.73. The summed E-state index contributed by atoms with van der Waals surface area (Å²) in [5.41, 5.74) is 0. The first kappa shape index (κ1) is 12.3. The standard InChI is InChI=1S/C12H17N3O/c1-4-5-6-7-13-11-8-12(15-9-14-11)16-10(2)3/h1,8-10H,5-7H2,2-3H3,(H,13,14,15). The van der Waals surface area contributed by atoms with Crippen LogP contribution in [0.5, 0.6) is 5.88 Å². The highest BCUT2D eigenvalue weighted by Gasteiger charge is 2.01. The van der Waals surface area contributed by atoms with Crippen molar-refractivity contribution in [3.8, 4) is 18.2 Å². The van der Waals surface area contributed by atoms with E-state index in [1.807, 2.05) is 13.8 Å². The molecule has 0 unspecified atom stereocenters. The average molecular weight is 219 g/mol. The Labute approximate surface area is 96.5 Å². The first-order valence-corrected chi connectivity index (χ1v) is 5.38. The Morgan fingerprint density at radius 1 is 1.50 bits per heavy atom. The molecule has 4 heteroatoms. The van der Waals surface area contributed by atoms with Gasteiger partial charge in [0.2, 0.25) is 5.88 Å². The minimum Gasteiger partial charge on any atom is -0.475 e. The predicted octanol–water partition coefficient (Wildman–Crippen LogP) is 2.09. The molecule has 1 aromatic heterocycles. The third kappa shape index (κ3) is 4.65. The lowest BCUT2D eigenvalue weighted by Crippen LogP contribution is -2.08. The van der Waals surface area contributed by atoms with Crippen LogP contribution < -0.4 is 10.1 Å². The summed E-state index contributed by atoms with van der Waals surface area (Å²) in [5, 5.41) is 3.17. The van der Waals surface area contributed by atoms with Crippen LogP contribution in [0.3, 0.4) is 0 Å². The van der Waals surface area contributed by atoms with E-state index >= 15 is 0 Å². The van der Waals surface area contributed by atoms with Crippen LogP contribution in [0.15, 0.2) is 12.4 Å². The lowest BCUT2D eigenvalue weighted by Gasteiger charge is -2.09. The molecule has 0 saturated heterocycles. The number of aromatic nitrogens is 2. The Kier molecular flexibility index (Phi) is 5.13. The Morgan fingerprint density at radius 3 is 3.00 bits per heavy atom. The van der Waals surface area contributed by atoms with Gasteiger partial charge in [0.15, 0.2) is 0 Å². The van der Waals surface area contributed by atoms with Crippen molar-refractivity contribution in [2.75, 3.05) is 11.9 Å². The number of anilines is 1. The zero-order chi connectivity index (χ0) is 11.8. The SMILES string of the molecule is C#CCCCNc1cc(OC(C)C)ncn1. The summed E-state index contributed by atoms with van der Waals surface area (Å²) in [7, 11) is 0. The van der Waals surface area contributed by atoms with Gasteiger partial charge in [-0.15, -0.1) is 12.3 Å². The number of ether oxygens (including phenoxy) is 1. The van der Waals surface area contributed by atoms with Gasteiger partial charge in [0.1, 0.15) is 12.1 Å². The Bertz CT molecular complexity index is 358. The molecule has 1 N–H and O–H groups in total. The lowest BCUT2D eigenvalue weighted by atomic mass is 10.3. The Balaban J connectivity index is 2.44. The van der Waals surface area contributed by atoms with Crippen molar-refractivity contribution in [2.45, 2.75) is 32.8 Å². The highest BCUT2D eigenvalue weighted by Crippen LogP contribution is 2.12. The third-order valence-electron chi connectivity index (χ3n) is 1.80. The van der Waals surface area contributed by atoms with Gasteiger partial charge in [0.05, 0.1) is 6.10 Å². The highest BCUT2D eigenvalue weighted by molar-refractivity contribution is 5.36. The summed E-state index contributed by atoms with van der Waals surface area (Å²) in [6.45, 7) is 4.73. The number of terminal acetylenes is 1. The summed E-state index contributed by atoms with van der Waals surface area (Å²) in [4.78, 5) is 8.11. The fourth-order valence-corrected chi connectivity index (χ4v) is 1.15. The monoisotopic (exact) mass is 219 g/mol. The van der Waals surface area contributed by atoms with E-state index in [1.54, 1.807) is 6.07 Å². The van der Waals surface area contributed by atoms with E-state index in [4.69, 9.17) is 11.2 Å². The number of unbranched alkanes of at least 4 members (excludes halogenated alkanes) is 1. The number of hydrogen-bond donors (Lipinski definition) is 1. The van der Waals surface area contributed by atoms with E-state index in [0.717, 1.165) is 25.2 Å². The fourth-order valence-electron chi connectivity index (χ4n) is 1.15. The molecule has 0 aliphatic carbocycles. The molecule has 0 atom stereocenters. The van der Waals surface area contributed by atoms with Crippen molar-refractivity contribution in [2.24, 2.45) is 0 Å². The van der Waals surface area contributed by atoms with Crippen molar-refractivity contribution >= 4 is 5.82 Å². The molecule has 0 saturated carbocycles. The van der Waals surface area contributed by atoms with Crippen molar-refractivity contribution in [1.29, 1.82) is 0 Å². The zero-order valence-electron chi connectivity index (χ0n) is 9.73. The molecular formula is C12H17N3O. The molecule has 0 aliphatic rings. The van der Waals surface area contributed by atoms with E-state index in [2.05, 4.69) is 21.2 Å². The summed E-state index contributed by atoms with van der Waals surface area (Å²) >= 11 is 0. The van der Waals surface area contributed by atoms with Crippen LogP contribution in [0.2, 0.25) is 0 Å². The van der Waals surface area contributed by atoms with E-state index in [-0.39, 0.29) is 6.10 Å². The second-order valence-corrected chi connectivity index (χ2v) is 3.64. The van der Waals surface area contributed by atoms with Gasteiger partial charge in [-0.2, -0.15) is 0 Å². The molecule has 0 spiro atoms. The van der Waals surface area contributed by atoms with Crippen LogP contribution in [0.25, 0.3) is 0 Å². The van der Waals surface area contributed by atoms with Crippen LogP contribution >= 0.6 is 0 Å². The second kappa shape index (κ2) is 6.67. The Morgan fingerprint density at radius 2 is 2.31 bits per heavy atom. The molecule has 1 rings (SSSR count). The van der Waals surface area contributed by atoms with Crippen molar-refractivity contribution in [3.05, 3.63) is 12.4 Å². The summed E-state index contributed by atoms with van der Waals surface area (Å²) in [6, 6.07) is 1.79. The third-order valence-corrected chi connectivity index (χ3v) is 1.80. The predicted molar refractivity (Wildman–Crippen MR) is 64.4 cm³/mol. The van der Waals surface area contributed by atoms with Gasteiger partial charge in [0, 0.05) is 19.0 Å². The van der Waals surface area contributed by atoms with Crippen molar-refractivity contribution in [3.63, 3.8) is 0 Å². The summed E-state index contributed by atoms with van der Waals surface area (Å²) in [6.07, 6.45) is 8.47. The summed E-state index contributed by atoms with van der Waals surface area (Å²) < 4.78 is 5.46. The topological polar surface area (TPSA) is 47.0 Å². The lowest BCUT2D eigenvalue weighted by molar-refractivity contribution is 0.232. The number of nitrogens with zero attached hydrogens (tertiary/aromatic N) is 2. The minimum atomic E-state index is 0.115. The first-order valence-electron chi connectivity index (χ1n) is 5.38. The van der Waals surface area contributed by atoms with Crippen LogP contribution in [0.1, 0.15) is 26.7 Å². The normalized spacial score (nSPS) is 9.88. The first-order chi connectivity index (χ1) is 7.72. The highest BCUT2D eigenvalue weighted by atomic mass is 16.5. The van der Waals surface area contributed by atoms with Gasteiger partial charge in [-0.1, -0.05) is 0 Å². The molecule has 0 aliphatic heterocycles. The van der Waals surface area contributed by atoms with Crippen LogP contribution in [-0.4, -0.2) is 22.6 Å². The second-order valence-electron chi connectivity index (χ2n) is 3.64. The van der Waals surface area contributed by atoms with Gasteiger partial charge in [-0.25, -0.2) is 9.97 Å². The van der Waals surface area contributed by atoms with Crippen molar-refractivity contribution < 1.29 is 4.74 Å². The molecule has 86 valence electrons. The molecule has 0 fully saturated rings. The van der Waals surface area contributed by atoms with Crippen LogP contribution in [0, 0.1) is 12.3 Å². The molecule has 0 aromatic carbocycles. The van der Waals surface area contributed by atoms with Crippen molar-refractivity contribution in [1.82, 2.24) is 9.97 Å². The maximum atomic E-state index is 5.46. The molecule has 0 amide bonds. The molecule has 0 radical (unpaired) electrons. The maximum Gasteiger partial charge on any atom is 0.218 e. The molecule has 1 heterocycles. The molecular weight excluding hydrogens is 202 g/mol. The largest absolute Gasteiger partial charge is 0.475 e. The minimum absolute atomic E-state index is 0.115. The van der Waals surface area contributed by atoms with Gasteiger partial charge >= 0.3 is 0 Å². The van der Waals surface area contributed by atoms with Gasteiger partial charge < -0.3 is 10.1 Å². The van der Waals surface area contributed by atoms with Gasteiger partial charge in [-0.3, -0.25) is 0 Å². The quantitative estimate of drug-likeness (QED) is 0.588. The number of nitrogens with one attached hydrogen (secondary N) is 1. The number of rotatable bonds is 6. The molecule has 0 bridgehead atoms. The van der Waals surface area contributed by atoms with E-state index in [0.29, 0.717) is 5.88 Å².